The summed E-state index contributed by atoms with van der Waals surface area (Å²) in [5, 5.41) is 11.1. The summed E-state index contributed by atoms with van der Waals surface area (Å²) in [6.07, 6.45) is 0.478. The monoisotopic (exact) mass is 284 g/mol. The van der Waals surface area contributed by atoms with Gasteiger partial charge < -0.3 is 14.6 Å². The number of aliphatic hydroxyl groups excluding tert-OH is 1. The number of aliphatic hydroxyl groups is 1. The smallest absolute Gasteiger partial charge is 0.135 e. The van der Waals surface area contributed by atoms with E-state index in [0.717, 1.165) is 22.1 Å². The van der Waals surface area contributed by atoms with Gasteiger partial charge in [-0.3, -0.25) is 0 Å². The van der Waals surface area contributed by atoms with Gasteiger partial charge in [-0.05, 0) is 18.4 Å². The van der Waals surface area contributed by atoms with Crippen molar-refractivity contribution in [2.75, 3.05) is 20.3 Å². The number of methoxy groups -OCH3 is 1. The van der Waals surface area contributed by atoms with E-state index in [1.54, 1.807) is 7.11 Å². The predicted octanol–water partition coefficient (Wildman–Crippen LogP) is 2.99. The van der Waals surface area contributed by atoms with Crippen LogP contribution < -0.4 is 4.74 Å². The molecule has 0 fully saturated rings. The first-order chi connectivity index (χ1) is 10.3. The number of hydrogen-bond acceptors (Lipinski definition) is 3. The maximum Gasteiger partial charge on any atom is 0.135 e. The predicted molar refractivity (Wildman–Crippen MR) is 84.5 cm³/mol. The van der Waals surface area contributed by atoms with Crippen LogP contribution in [0.5, 0.6) is 5.75 Å². The van der Waals surface area contributed by atoms with E-state index in [2.05, 4.69) is 11.8 Å². The van der Waals surface area contributed by atoms with Gasteiger partial charge in [0.1, 0.15) is 12.4 Å². The third-order valence-corrected chi connectivity index (χ3v) is 3.22. The van der Waals surface area contributed by atoms with E-state index in [-0.39, 0.29) is 12.7 Å². The van der Waals surface area contributed by atoms with Crippen LogP contribution in [0.15, 0.2) is 36.4 Å². The minimum absolute atomic E-state index is 0.0229. The maximum absolute atomic E-state index is 8.88. The van der Waals surface area contributed by atoms with Gasteiger partial charge in [0.05, 0.1) is 18.3 Å². The maximum atomic E-state index is 8.88. The van der Waals surface area contributed by atoms with Gasteiger partial charge in [-0.1, -0.05) is 42.2 Å². The average molecular weight is 284 g/mol. The molecule has 0 amide bonds. The van der Waals surface area contributed by atoms with E-state index >= 15 is 0 Å². The molecule has 2 rings (SSSR count). The van der Waals surface area contributed by atoms with Gasteiger partial charge in [0.15, 0.2) is 0 Å². The van der Waals surface area contributed by atoms with Gasteiger partial charge in [0, 0.05) is 18.9 Å². The lowest BCUT2D eigenvalue weighted by molar-refractivity contribution is 0.0716. The Morgan fingerprint density at radius 1 is 1.19 bits per heavy atom. The first-order valence-electron chi connectivity index (χ1n) is 7.03. The highest BCUT2D eigenvalue weighted by Crippen LogP contribution is 2.27. The SMILES string of the molecule is COC(C)COc1ccc2ccccc2c1C#CCCO. The minimum atomic E-state index is 0.0229. The molecule has 0 saturated heterocycles. The topological polar surface area (TPSA) is 38.7 Å². The Morgan fingerprint density at radius 3 is 2.76 bits per heavy atom. The largest absolute Gasteiger partial charge is 0.490 e. The number of rotatable bonds is 5. The number of benzene rings is 2. The number of ether oxygens (including phenoxy) is 2. The van der Waals surface area contributed by atoms with Crippen LogP contribution >= 0.6 is 0 Å². The lowest BCUT2D eigenvalue weighted by atomic mass is 10.0. The van der Waals surface area contributed by atoms with Crippen molar-refractivity contribution in [2.45, 2.75) is 19.4 Å². The highest BCUT2D eigenvalue weighted by atomic mass is 16.5. The molecule has 3 heteroatoms. The van der Waals surface area contributed by atoms with Crippen molar-refractivity contribution >= 4 is 10.8 Å². The second kappa shape index (κ2) is 7.68. The summed E-state index contributed by atoms with van der Waals surface area (Å²) in [5.41, 5.74) is 0.866. The molecule has 0 spiro atoms. The van der Waals surface area contributed by atoms with Gasteiger partial charge >= 0.3 is 0 Å². The summed E-state index contributed by atoms with van der Waals surface area (Å²) in [7, 11) is 1.66. The van der Waals surface area contributed by atoms with Crippen molar-refractivity contribution in [1.82, 2.24) is 0 Å². The van der Waals surface area contributed by atoms with Crippen LogP contribution in [0.25, 0.3) is 10.8 Å². The van der Waals surface area contributed by atoms with Crippen molar-refractivity contribution in [1.29, 1.82) is 0 Å². The molecule has 0 saturated carbocycles. The number of hydrogen-bond donors (Lipinski definition) is 1. The van der Waals surface area contributed by atoms with Crippen LogP contribution in [-0.4, -0.2) is 31.5 Å². The normalized spacial score (nSPS) is 11.8. The first-order valence-corrected chi connectivity index (χ1v) is 7.03. The van der Waals surface area contributed by atoms with Gasteiger partial charge in [0.2, 0.25) is 0 Å². The van der Waals surface area contributed by atoms with E-state index in [4.69, 9.17) is 14.6 Å². The molecule has 0 aliphatic carbocycles. The molecular formula is C18H20O3. The zero-order valence-electron chi connectivity index (χ0n) is 12.4. The van der Waals surface area contributed by atoms with Crippen LogP contribution in [0.1, 0.15) is 18.9 Å². The molecule has 110 valence electrons. The van der Waals surface area contributed by atoms with E-state index in [1.165, 1.54) is 0 Å². The zero-order valence-corrected chi connectivity index (χ0v) is 12.4. The van der Waals surface area contributed by atoms with E-state index in [9.17, 15) is 0 Å². The van der Waals surface area contributed by atoms with Crippen molar-refractivity contribution in [3.05, 3.63) is 42.0 Å². The molecule has 0 aliphatic heterocycles. The lowest BCUT2D eigenvalue weighted by Crippen LogP contribution is -2.16. The zero-order chi connectivity index (χ0) is 15.1. The summed E-state index contributed by atoms with van der Waals surface area (Å²) in [6, 6.07) is 12.0. The van der Waals surface area contributed by atoms with Gasteiger partial charge in [-0.25, -0.2) is 0 Å². The van der Waals surface area contributed by atoms with E-state index in [0.29, 0.717) is 13.0 Å². The molecule has 2 aromatic carbocycles. The fourth-order valence-corrected chi connectivity index (χ4v) is 1.98. The molecule has 0 radical (unpaired) electrons. The van der Waals surface area contributed by atoms with E-state index in [1.807, 2.05) is 43.3 Å². The summed E-state index contributed by atoms with van der Waals surface area (Å²) in [6.45, 7) is 2.50. The highest BCUT2D eigenvalue weighted by molar-refractivity contribution is 5.90. The van der Waals surface area contributed by atoms with Gasteiger partial charge in [-0.2, -0.15) is 0 Å². The molecule has 0 heterocycles. The fourth-order valence-electron chi connectivity index (χ4n) is 1.98. The van der Waals surface area contributed by atoms with Crippen LogP contribution in [0, 0.1) is 11.8 Å². The van der Waals surface area contributed by atoms with Crippen molar-refractivity contribution in [3.8, 4) is 17.6 Å². The van der Waals surface area contributed by atoms with Crippen LogP contribution in [-0.2, 0) is 4.74 Å². The van der Waals surface area contributed by atoms with Crippen molar-refractivity contribution < 1.29 is 14.6 Å². The number of fused-ring (bicyclic) bond motifs is 1. The summed E-state index contributed by atoms with van der Waals surface area (Å²) < 4.78 is 11.0. The third kappa shape index (κ3) is 3.98. The van der Waals surface area contributed by atoms with Crippen LogP contribution in [0.3, 0.4) is 0 Å². The van der Waals surface area contributed by atoms with Crippen LogP contribution in [0.2, 0.25) is 0 Å². The molecular weight excluding hydrogens is 264 g/mol. The Hall–Kier alpha value is -2.02. The molecule has 3 nitrogen and oxygen atoms in total. The Kier molecular flexibility index (Phi) is 5.62. The second-order valence-electron chi connectivity index (χ2n) is 4.79. The third-order valence-electron chi connectivity index (χ3n) is 3.22. The highest BCUT2D eigenvalue weighted by Gasteiger charge is 2.08. The summed E-state index contributed by atoms with van der Waals surface area (Å²) in [4.78, 5) is 0. The molecule has 1 N–H and O–H groups in total. The van der Waals surface area contributed by atoms with Gasteiger partial charge in [0.25, 0.3) is 0 Å². The molecule has 0 aromatic heterocycles. The Bertz CT molecular complexity index is 652. The Morgan fingerprint density at radius 2 is 2.00 bits per heavy atom. The standard InChI is InChI=1S/C18H20O3/c1-14(20-2)13-21-18-11-10-15-7-3-4-8-16(15)17(18)9-5-6-12-19/h3-4,7-8,10-11,14,19H,6,12-13H2,1-2H3. The molecule has 0 aliphatic rings. The molecule has 1 unspecified atom stereocenters. The average Bonchev–Trinajstić information content (AvgIpc) is 2.53. The van der Waals surface area contributed by atoms with E-state index < -0.39 is 0 Å². The molecule has 0 bridgehead atoms. The lowest BCUT2D eigenvalue weighted by Gasteiger charge is -2.14. The Labute approximate surface area is 125 Å². The van der Waals surface area contributed by atoms with Gasteiger partial charge in [-0.15, -0.1) is 0 Å². The molecule has 21 heavy (non-hydrogen) atoms. The molecule has 1 atom stereocenters. The molecule has 2 aromatic rings. The van der Waals surface area contributed by atoms with Crippen molar-refractivity contribution in [2.24, 2.45) is 0 Å². The summed E-state index contributed by atoms with van der Waals surface area (Å²) in [5.74, 6) is 6.85. The minimum Gasteiger partial charge on any atom is -0.490 e. The first kappa shape index (κ1) is 15.4. The van der Waals surface area contributed by atoms with Crippen LogP contribution in [0.4, 0.5) is 0 Å². The fraction of sp³-hybridized carbons (Fsp3) is 0.333. The summed E-state index contributed by atoms with van der Waals surface area (Å²) >= 11 is 0. The van der Waals surface area contributed by atoms with Crippen molar-refractivity contribution in [3.63, 3.8) is 0 Å². The Balaban J connectivity index is 2.39. The second-order valence-corrected chi connectivity index (χ2v) is 4.79. The quantitative estimate of drug-likeness (QED) is 0.858.